The summed E-state index contributed by atoms with van der Waals surface area (Å²) in [7, 11) is 1.71. The number of ether oxygens (including phenoxy) is 1. The standard InChI is InChI=1S/C14H22N2O/c1-11-6-3-4-9-16(11)13-7-5-8-14(17-2)12(13)10-15/h5,7-8,11H,3-4,6,9-10,15H2,1-2H3. The quantitative estimate of drug-likeness (QED) is 0.873. The largest absolute Gasteiger partial charge is 0.496 e. The maximum absolute atomic E-state index is 5.87. The minimum atomic E-state index is 0.530. The van der Waals surface area contributed by atoms with Crippen LogP contribution in [0.5, 0.6) is 5.75 Å². The van der Waals surface area contributed by atoms with E-state index in [4.69, 9.17) is 10.5 Å². The molecule has 1 aliphatic rings. The van der Waals surface area contributed by atoms with E-state index in [2.05, 4.69) is 24.0 Å². The van der Waals surface area contributed by atoms with E-state index in [-0.39, 0.29) is 0 Å². The average molecular weight is 234 g/mol. The number of anilines is 1. The summed E-state index contributed by atoms with van der Waals surface area (Å²) in [6.45, 7) is 3.95. The third kappa shape index (κ3) is 2.39. The molecule has 17 heavy (non-hydrogen) atoms. The van der Waals surface area contributed by atoms with Crippen LogP contribution in [0.3, 0.4) is 0 Å². The second-order valence-electron chi connectivity index (χ2n) is 4.70. The zero-order valence-electron chi connectivity index (χ0n) is 10.8. The fraction of sp³-hybridized carbons (Fsp3) is 0.571. The van der Waals surface area contributed by atoms with Crippen LogP contribution >= 0.6 is 0 Å². The predicted molar refractivity (Wildman–Crippen MR) is 71.5 cm³/mol. The lowest BCUT2D eigenvalue weighted by Crippen LogP contribution is -2.38. The van der Waals surface area contributed by atoms with Crippen LogP contribution in [0, 0.1) is 0 Å². The van der Waals surface area contributed by atoms with Crippen molar-refractivity contribution in [2.75, 3.05) is 18.6 Å². The van der Waals surface area contributed by atoms with Gasteiger partial charge in [0.1, 0.15) is 5.75 Å². The lowest BCUT2D eigenvalue weighted by atomic mass is 10.0. The van der Waals surface area contributed by atoms with Gasteiger partial charge in [0, 0.05) is 30.4 Å². The highest BCUT2D eigenvalue weighted by atomic mass is 16.5. The molecule has 0 aromatic heterocycles. The molecule has 94 valence electrons. The number of benzene rings is 1. The van der Waals surface area contributed by atoms with Crippen molar-refractivity contribution in [3.05, 3.63) is 23.8 Å². The monoisotopic (exact) mass is 234 g/mol. The van der Waals surface area contributed by atoms with Crippen molar-refractivity contribution >= 4 is 5.69 Å². The van der Waals surface area contributed by atoms with Gasteiger partial charge in [-0.05, 0) is 38.3 Å². The van der Waals surface area contributed by atoms with Gasteiger partial charge in [-0.15, -0.1) is 0 Å². The van der Waals surface area contributed by atoms with Crippen molar-refractivity contribution in [3.8, 4) is 5.75 Å². The fourth-order valence-electron chi connectivity index (χ4n) is 2.68. The van der Waals surface area contributed by atoms with E-state index >= 15 is 0 Å². The molecule has 0 radical (unpaired) electrons. The van der Waals surface area contributed by atoms with Crippen LogP contribution in [-0.4, -0.2) is 19.7 Å². The molecule has 1 heterocycles. The number of piperidine rings is 1. The SMILES string of the molecule is COc1cccc(N2CCCCC2C)c1CN. The molecule has 0 aliphatic carbocycles. The number of nitrogens with two attached hydrogens (primary N) is 1. The van der Waals surface area contributed by atoms with Crippen molar-refractivity contribution in [1.29, 1.82) is 0 Å². The second kappa shape index (κ2) is 5.41. The third-order valence-corrected chi connectivity index (χ3v) is 3.64. The van der Waals surface area contributed by atoms with Gasteiger partial charge in [-0.2, -0.15) is 0 Å². The summed E-state index contributed by atoms with van der Waals surface area (Å²) >= 11 is 0. The molecule has 3 nitrogen and oxygen atoms in total. The molecule has 3 heteroatoms. The molecule has 1 aliphatic heterocycles. The van der Waals surface area contributed by atoms with E-state index in [9.17, 15) is 0 Å². The van der Waals surface area contributed by atoms with Crippen molar-refractivity contribution in [2.45, 2.75) is 38.8 Å². The van der Waals surface area contributed by atoms with Gasteiger partial charge in [0.2, 0.25) is 0 Å². The summed E-state index contributed by atoms with van der Waals surface area (Å²) in [5, 5.41) is 0. The van der Waals surface area contributed by atoms with Crippen molar-refractivity contribution in [2.24, 2.45) is 5.73 Å². The van der Waals surface area contributed by atoms with E-state index in [0.29, 0.717) is 12.6 Å². The van der Waals surface area contributed by atoms with E-state index in [1.807, 2.05) is 6.07 Å². The zero-order chi connectivity index (χ0) is 12.3. The highest BCUT2D eigenvalue weighted by Gasteiger charge is 2.21. The van der Waals surface area contributed by atoms with Crippen LogP contribution in [0.2, 0.25) is 0 Å². The summed E-state index contributed by atoms with van der Waals surface area (Å²) in [5.74, 6) is 0.905. The minimum absolute atomic E-state index is 0.530. The van der Waals surface area contributed by atoms with Gasteiger partial charge in [-0.3, -0.25) is 0 Å². The lowest BCUT2D eigenvalue weighted by Gasteiger charge is -2.36. The van der Waals surface area contributed by atoms with E-state index in [0.717, 1.165) is 17.9 Å². The van der Waals surface area contributed by atoms with Crippen molar-refractivity contribution < 1.29 is 4.74 Å². The van der Waals surface area contributed by atoms with Crippen LogP contribution in [0.1, 0.15) is 31.7 Å². The summed E-state index contributed by atoms with van der Waals surface area (Å²) in [6.07, 6.45) is 3.87. The zero-order valence-corrected chi connectivity index (χ0v) is 10.8. The highest BCUT2D eigenvalue weighted by Crippen LogP contribution is 2.32. The summed E-state index contributed by atoms with van der Waals surface area (Å²) in [5.41, 5.74) is 8.25. The van der Waals surface area contributed by atoms with Crippen LogP contribution in [-0.2, 0) is 6.54 Å². The van der Waals surface area contributed by atoms with Crippen molar-refractivity contribution in [1.82, 2.24) is 0 Å². The van der Waals surface area contributed by atoms with Gasteiger partial charge in [-0.1, -0.05) is 6.07 Å². The first-order chi connectivity index (χ1) is 8.27. The Kier molecular flexibility index (Phi) is 3.89. The first-order valence-corrected chi connectivity index (χ1v) is 6.40. The first kappa shape index (κ1) is 12.2. The van der Waals surface area contributed by atoms with Gasteiger partial charge in [0.15, 0.2) is 0 Å². The Morgan fingerprint density at radius 1 is 1.41 bits per heavy atom. The van der Waals surface area contributed by atoms with Gasteiger partial charge in [0.05, 0.1) is 7.11 Å². The van der Waals surface area contributed by atoms with E-state index < -0.39 is 0 Å². The Labute approximate surface area is 104 Å². The summed E-state index contributed by atoms with van der Waals surface area (Å²) in [6, 6.07) is 6.79. The maximum Gasteiger partial charge on any atom is 0.125 e. The number of hydrogen-bond acceptors (Lipinski definition) is 3. The third-order valence-electron chi connectivity index (χ3n) is 3.64. The molecule has 1 aromatic carbocycles. The lowest BCUT2D eigenvalue weighted by molar-refractivity contribution is 0.408. The van der Waals surface area contributed by atoms with Gasteiger partial charge in [-0.25, -0.2) is 0 Å². The van der Waals surface area contributed by atoms with Gasteiger partial charge < -0.3 is 15.4 Å². The minimum Gasteiger partial charge on any atom is -0.496 e. The van der Waals surface area contributed by atoms with Crippen molar-refractivity contribution in [3.63, 3.8) is 0 Å². The smallest absolute Gasteiger partial charge is 0.125 e. The molecule has 2 N–H and O–H groups in total. The predicted octanol–water partition coefficient (Wildman–Crippen LogP) is 2.53. The average Bonchev–Trinajstić information content (AvgIpc) is 2.38. The topological polar surface area (TPSA) is 38.5 Å². The number of rotatable bonds is 3. The Balaban J connectivity index is 2.36. The first-order valence-electron chi connectivity index (χ1n) is 6.40. The Hall–Kier alpha value is -1.22. The van der Waals surface area contributed by atoms with E-state index in [1.165, 1.54) is 24.9 Å². The number of methoxy groups -OCH3 is 1. The molecular formula is C14H22N2O. The Morgan fingerprint density at radius 3 is 2.88 bits per heavy atom. The molecule has 0 saturated carbocycles. The molecule has 0 amide bonds. The molecule has 0 spiro atoms. The molecule has 2 rings (SSSR count). The Bertz CT molecular complexity index is 378. The molecule has 1 fully saturated rings. The Morgan fingerprint density at radius 2 is 2.24 bits per heavy atom. The van der Waals surface area contributed by atoms with Crippen LogP contribution in [0.4, 0.5) is 5.69 Å². The molecule has 1 saturated heterocycles. The highest BCUT2D eigenvalue weighted by molar-refractivity contribution is 5.60. The summed E-state index contributed by atoms with van der Waals surface area (Å²) < 4.78 is 5.40. The van der Waals surface area contributed by atoms with Gasteiger partial charge in [0.25, 0.3) is 0 Å². The molecule has 0 bridgehead atoms. The molecule has 1 aromatic rings. The molecule has 1 unspecified atom stereocenters. The van der Waals surface area contributed by atoms with E-state index in [1.54, 1.807) is 7.11 Å². The number of nitrogens with zero attached hydrogens (tertiary/aromatic N) is 1. The summed E-state index contributed by atoms with van der Waals surface area (Å²) in [4.78, 5) is 2.47. The second-order valence-corrected chi connectivity index (χ2v) is 4.70. The molecular weight excluding hydrogens is 212 g/mol. The van der Waals surface area contributed by atoms with Crippen LogP contribution in [0.15, 0.2) is 18.2 Å². The normalized spacial score (nSPS) is 20.4. The maximum atomic E-state index is 5.87. The van der Waals surface area contributed by atoms with Gasteiger partial charge >= 0.3 is 0 Å². The van der Waals surface area contributed by atoms with Crippen LogP contribution < -0.4 is 15.4 Å². The molecule has 1 atom stereocenters. The fourth-order valence-corrected chi connectivity index (χ4v) is 2.68. The number of hydrogen-bond donors (Lipinski definition) is 1. The van der Waals surface area contributed by atoms with Crippen LogP contribution in [0.25, 0.3) is 0 Å².